The summed E-state index contributed by atoms with van der Waals surface area (Å²) in [7, 11) is 0. The van der Waals surface area contributed by atoms with Crippen molar-refractivity contribution in [3.05, 3.63) is 59.2 Å². The third-order valence-corrected chi connectivity index (χ3v) is 3.06. The largest absolute Gasteiger partial charge is 0.376 e. The lowest BCUT2D eigenvalue weighted by Gasteiger charge is -2.11. The van der Waals surface area contributed by atoms with Crippen molar-refractivity contribution < 1.29 is 13.6 Å². The van der Waals surface area contributed by atoms with Crippen LogP contribution >= 0.6 is 0 Å². The molecule has 2 aromatic carbocycles. The normalized spacial score (nSPS) is 10.3. The third kappa shape index (κ3) is 3.78. The number of aryl methyl sites for hydroxylation is 2. The van der Waals surface area contributed by atoms with Gasteiger partial charge in [0.1, 0.15) is 17.3 Å². The van der Waals surface area contributed by atoms with Crippen molar-refractivity contribution in [2.45, 2.75) is 13.8 Å². The minimum Gasteiger partial charge on any atom is -0.376 e. The summed E-state index contributed by atoms with van der Waals surface area (Å²) in [6.07, 6.45) is 0. The van der Waals surface area contributed by atoms with Gasteiger partial charge in [-0.2, -0.15) is 0 Å². The van der Waals surface area contributed by atoms with Gasteiger partial charge in [0.05, 0.1) is 6.54 Å². The first-order valence-electron chi connectivity index (χ1n) is 6.52. The first-order chi connectivity index (χ1) is 9.97. The molecule has 5 heteroatoms. The number of hydrogen-bond acceptors (Lipinski definition) is 2. The number of benzene rings is 2. The predicted molar refractivity (Wildman–Crippen MR) is 79.4 cm³/mol. The van der Waals surface area contributed by atoms with E-state index in [0.29, 0.717) is 0 Å². The Balaban J connectivity index is 2.01. The minimum atomic E-state index is -0.796. The first kappa shape index (κ1) is 15.0. The molecule has 0 aliphatic rings. The van der Waals surface area contributed by atoms with E-state index in [4.69, 9.17) is 0 Å². The maximum absolute atomic E-state index is 13.4. The van der Waals surface area contributed by atoms with Crippen LogP contribution in [0.2, 0.25) is 0 Å². The van der Waals surface area contributed by atoms with Gasteiger partial charge in [-0.25, -0.2) is 8.78 Å². The van der Waals surface area contributed by atoms with Crippen molar-refractivity contribution in [2.24, 2.45) is 0 Å². The monoisotopic (exact) mass is 290 g/mol. The number of rotatable bonds is 4. The Bertz CT molecular complexity index is 651. The average Bonchev–Trinajstić information content (AvgIpc) is 2.44. The molecule has 1 amide bonds. The Morgan fingerprint density at radius 1 is 1.10 bits per heavy atom. The molecule has 0 heterocycles. The third-order valence-electron chi connectivity index (χ3n) is 3.06. The van der Waals surface area contributed by atoms with Gasteiger partial charge in [-0.1, -0.05) is 18.2 Å². The van der Waals surface area contributed by atoms with Crippen LogP contribution in [-0.2, 0) is 4.79 Å². The van der Waals surface area contributed by atoms with Crippen LogP contribution in [0.5, 0.6) is 0 Å². The fraction of sp³-hybridized carbons (Fsp3) is 0.188. The highest BCUT2D eigenvalue weighted by Crippen LogP contribution is 2.18. The van der Waals surface area contributed by atoms with Crippen LogP contribution in [0.25, 0.3) is 0 Å². The molecule has 0 aromatic heterocycles. The molecule has 0 saturated carbocycles. The van der Waals surface area contributed by atoms with Crippen molar-refractivity contribution in [1.29, 1.82) is 0 Å². The molecule has 2 N–H and O–H groups in total. The van der Waals surface area contributed by atoms with Crippen molar-refractivity contribution in [3.63, 3.8) is 0 Å². The number of para-hydroxylation sites is 1. The Morgan fingerprint density at radius 2 is 1.76 bits per heavy atom. The van der Waals surface area contributed by atoms with E-state index in [1.807, 2.05) is 32.0 Å². The smallest absolute Gasteiger partial charge is 0.243 e. The number of nitrogens with one attached hydrogen (secondary N) is 2. The standard InChI is InChI=1S/C16H16F2N2O/c1-10-6-7-11(2)14(8-10)19-9-15(21)20-16-12(17)4-3-5-13(16)18/h3-8,19H,9H2,1-2H3,(H,20,21). The molecule has 3 nitrogen and oxygen atoms in total. The summed E-state index contributed by atoms with van der Waals surface area (Å²) in [4.78, 5) is 11.8. The Hall–Kier alpha value is -2.43. The van der Waals surface area contributed by atoms with Crippen LogP contribution in [-0.4, -0.2) is 12.5 Å². The van der Waals surface area contributed by atoms with Crippen LogP contribution in [0.15, 0.2) is 36.4 Å². The fourth-order valence-corrected chi connectivity index (χ4v) is 1.90. The van der Waals surface area contributed by atoms with Crippen molar-refractivity contribution in [1.82, 2.24) is 0 Å². The molecular formula is C16H16F2N2O. The molecule has 2 rings (SSSR count). The summed E-state index contributed by atoms with van der Waals surface area (Å²) in [5.41, 5.74) is 2.44. The molecule has 0 saturated heterocycles. The highest BCUT2D eigenvalue weighted by molar-refractivity contribution is 5.94. The molecule has 0 aliphatic carbocycles. The molecule has 0 radical (unpaired) electrons. The average molecular weight is 290 g/mol. The topological polar surface area (TPSA) is 41.1 Å². The first-order valence-corrected chi connectivity index (χ1v) is 6.52. The molecule has 0 spiro atoms. The maximum atomic E-state index is 13.4. The zero-order valence-electron chi connectivity index (χ0n) is 11.8. The van der Waals surface area contributed by atoms with E-state index in [1.54, 1.807) is 0 Å². The predicted octanol–water partition coefficient (Wildman–Crippen LogP) is 3.63. The minimum absolute atomic E-state index is 0.0714. The van der Waals surface area contributed by atoms with Crippen LogP contribution < -0.4 is 10.6 Å². The van der Waals surface area contributed by atoms with E-state index in [0.717, 1.165) is 28.9 Å². The lowest BCUT2D eigenvalue weighted by molar-refractivity contribution is -0.114. The van der Waals surface area contributed by atoms with E-state index in [2.05, 4.69) is 10.6 Å². The summed E-state index contributed by atoms with van der Waals surface area (Å²) in [5.74, 6) is -2.11. The highest BCUT2D eigenvalue weighted by atomic mass is 19.1. The molecule has 0 bridgehead atoms. The molecular weight excluding hydrogens is 274 g/mol. The molecule has 0 fully saturated rings. The quantitative estimate of drug-likeness (QED) is 0.902. The number of halogens is 2. The van der Waals surface area contributed by atoms with Gasteiger partial charge in [0.2, 0.25) is 5.91 Å². The number of anilines is 2. The Morgan fingerprint density at radius 3 is 2.43 bits per heavy atom. The van der Waals surface area contributed by atoms with Crippen molar-refractivity contribution >= 4 is 17.3 Å². The summed E-state index contributed by atoms with van der Waals surface area (Å²) in [6.45, 7) is 3.79. The fourth-order valence-electron chi connectivity index (χ4n) is 1.90. The van der Waals surface area contributed by atoms with E-state index in [9.17, 15) is 13.6 Å². The van der Waals surface area contributed by atoms with Gasteiger partial charge < -0.3 is 10.6 Å². The SMILES string of the molecule is Cc1ccc(C)c(NCC(=O)Nc2c(F)cccc2F)c1. The summed E-state index contributed by atoms with van der Waals surface area (Å²) < 4.78 is 26.8. The molecule has 21 heavy (non-hydrogen) atoms. The Labute approximate surface area is 122 Å². The molecule has 0 aliphatic heterocycles. The highest BCUT2D eigenvalue weighted by Gasteiger charge is 2.11. The molecule has 0 atom stereocenters. The van der Waals surface area contributed by atoms with Gasteiger partial charge in [0, 0.05) is 5.69 Å². The van der Waals surface area contributed by atoms with Crippen molar-refractivity contribution in [3.8, 4) is 0 Å². The van der Waals surface area contributed by atoms with E-state index in [-0.39, 0.29) is 6.54 Å². The van der Waals surface area contributed by atoms with Crippen LogP contribution in [0.4, 0.5) is 20.2 Å². The van der Waals surface area contributed by atoms with Gasteiger partial charge in [-0.05, 0) is 43.2 Å². The zero-order valence-corrected chi connectivity index (χ0v) is 11.8. The second kappa shape index (κ2) is 6.35. The lowest BCUT2D eigenvalue weighted by Crippen LogP contribution is -2.23. The number of carbonyl (C=O) groups is 1. The van der Waals surface area contributed by atoms with Gasteiger partial charge in [0.25, 0.3) is 0 Å². The van der Waals surface area contributed by atoms with E-state index in [1.165, 1.54) is 6.07 Å². The Kier molecular flexibility index (Phi) is 4.52. The molecule has 0 unspecified atom stereocenters. The number of hydrogen-bond donors (Lipinski definition) is 2. The number of amides is 1. The van der Waals surface area contributed by atoms with Gasteiger partial charge in [-0.15, -0.1) is 0 Å². The molecule has 110 valence electrons. The molecule has 2 aromatic rings. The van der Waals surface area contributed by atoms with Crippen LogP contribution in [0, 0.1) is 25.5 Å². The van der Waals surface area contributed by atoms with E-state index < -0.39 is 23.2 Å². The van der Waals surface area contributed by atoms with E-state index >= 15 is 0 Å². The number of carbonyl (C=O) groups excluding carboxylic acids is 1. The van der Waals surface area contributed by atoms with Gasteiger partial charge in [-0.3, -0.25) is 4.79 Å². The lowest BCUT2D eigenvalue weighted by atomic mass is 10.1. The van der Waals surface area contributed by atoms with Crippen LogP contribution in [0.3, 0.4) is 0 Å². The summed E-state index contributed by atoms with van der Waals surface area (Å²) in [6, 6.07) is 9.25. The summed E-state index contributed by atoms with van der Waals surface area (Å²) >= 11 is 0. The zero-order chi connectivity index (χ0) is 15.4. The summed E-state index contributed by atoms with van der Waals surface area (Å²) in [5, 5.41) is 5.19. The maximum Gasteiger partial charge on any atom is 0.243 e. The van der Waals surface area contributed by atoms with Crippen LogP contribution in [0.1, 0.15) is 11.1 Å². The van der Waals surface area contributed by atoms with Crippen molar-refractivity contribution in [2.75, 3.05) is 17.2 Å². The second-order valence-corrected chi connectivity index (χ2v) is 4.82. The second-order valence-electron chi connectivity index (χ2n) is 4.82. The van der Waals surface area contributed by atoms with Gasteiger partial charge >= 0.3 is 0 Å². The van der Waals surface area contributed by atoms with Gasteiger partial charge in [0.15, 0.2) is 0 Å².